The molecule has 3 nitrogen and oxygen atoms in total. The van der Waals surface area contributed by atoms with E-state index in [0.29, 0.717) is 0 Å². The van der Waals surface area contributed by atoms with Crippen LogP contribution >= 0.6 is 11.3 Å². The molecule has 1 aliphatic carbocycles. The van der Waals surface area contributed by atoms with Gasteiger partial charge in [0.2, 0.25) is 0 Å². The molecule has 0 bridgehead atoms. The third-order valence-corrected chi connectivity index (χ3v) is 16.6. The third kappa shape index (κ3) is 6.02. The van der Waals surface area contributed by atoms with Crippen molar-refractivity contribution >= 4 is 69.6 Å². The molecule has 0 aliphatic heterocycles. The Balaban J connectivity index is 0.861. The minimum Gasteiger partial charge on any atom is -0.307 e. The topological polar surface area (TPSA) is 30.2 Å². The third-order valence-electron chi connectivity index (χ3n) is 15.4. The Kier molecular flexibility index (Phi) is 8.58. The lowest BCUT2D eigenvalue weighted by Crippen LogP contribution is -2.14. The zero-order valence-electron chi connectivity index (χ0n) is 39.1. The van der Waals surface area contributed by atoms with E-state index in [2.05, 4.69) is 231 Å². The van der Waals surface area contributed by atoms with Gasteiger partial charge in [0.15, 0.2) is 5.82 Å². The maximum absolute atomic E-state index is 5.21. The van der Waals surface area contributed by atoms with Crippen molar-refractivity contribution in [3.8, 4) is 78.4 Å². The average Bonchev–Trinajstić information content (AvgIpc) is 4.15. The van der Waals surface area contributed by atoms with Crippen molar-refractivity contribution in [1.29, 1.82) is 0 Å². The fourth-order valence-corrected chi connectivity index (χ4v) is 13.2. The summed E-state index contributed by atoms with van der Waals surface area (Å²) in [6.45, 7) is 4.70. The SMILES string of the molecule is CC1(C)c2ccc(-c3cccc(-c4cccc5c6cccc7c8ccc(-c9cccc%10c9sc9ccccc9%10)cc8n(c45)c76)c3)cc2-c2cc(-c3nc(-c4ccccc4)cc(-c4ccccc4)n3)ccc21. The zero-order valence-corrected chi connectivity index (χ0v) is 39.9. The maximum atomic E-state index is 5.21. The van der Waals surface area contributed by atoms with Crippen LogP contribution in [-0.2, 0) is 5.41 Å². The van der Waals surface area contributed by atoms with Crippen molar-refractivity contribution < 1.29 is 0 Å². The number of nitrogens with zero attached hydrogens (tertiary/aromatic N) is 3. The van der Waals surface area contributed by atoms with Gasteiger partial charge in [0.25, 0.3) is 0 Å². The van der Waals surface area contributed by atoms with Crippen molar-refractivity contribution in [1.82, 2.24) is 14.4 Å². The summed E-state index contributed by atoms with van der Waals surface area (Å²) in [5.41, 5.74) is 21.0. The van der Waals surface area contributed by atoms with E-state index < -0.39 is 0 Å². The fourth-order valence-electron chi connectivity index (χ4n) is 11.9. The highest BCUT2D eigenvalue weighted by Gasteiger charge is 2.36. The highest BCUT2D eigenvalue weighted by atomic mass is 32.1. The summed E-state index contributed by atoms with van der Waals surface area (Å²) in [6.07, 6.45) is 0. The van der Waals surface area contributed by atoms with Gasteiger partial charge in [0.1, 0.15) is 0 Å². The molecule has 1 aliphatic rings. The molecule has 4 heterocycles. The second-order valence-corrected chi connectivity index (χ2v) is 20.7. The summed E-state index contributed by atoms with van der Waals surface area (Å²) in [7, 11) is 0. The number of thiophene rings is 1. The molecule has 0 atom stereocenters. The van der Waals surface area contributed by atoms with Crippen LogP contribution in [0.4, 0.5) is 0 Å². The molecule has 0 saturated heterocycles. The first kappa shape index (κ1) is 40.2. The van der Waals surface area contributed by atoms with Crippen LogP contribution < -0.4 is 0 Å². The highest BCUT2D eigenvalue weighted by molar-refractivity contribution is 7.26. The van der Waals surface area contributed by atoms with Crippen LogP contribution in [0.3, 0.4) is 0 Å². The first-order valence-corrected chi connectivity index (χ1v) is 25.3. The summed E-state index contributed by atoms with van der Waals surface area (Å²) >= 11 is 1.89. The van der Waals surface area contributed by atoms with Gasteiger partial charge in [0, 0.05) is 69.4 Å². The van der Waals surface area contributed by atoms with E-state index in [-0.39, 0.29) is 5.41 Å². The van der Waals surface area contributed by atoms with Crippen LogP contribution in [0.2, 0.25) is 0 Å². The highest BCUT2D eigenvalue weighted by Crippen LogP contribution is 2.51. The van der Waals surface area contributed by atoms with Gasteiger partial charge in [-0.1, -0.05) is 202 Å². The van der Waals surface area contributed by atoms with Crippen LogP contribution in [0, 0.1) is 0 Å². The van der Waals surface area contributed by atoms with Gasteiger partial charge in [-0.2, -0.15) is 0 Å². The molecule has 0 spiro atoms. The van der Waals surface area contributed by atoms with Crippen molar-refractivity contribution in [3.05, 3.63) is 236 Å². The Labute approximate surface area is 415 Å². The van der Waals surface area contributed by atoms with E-state index in [9.17, 15) is 0 Å². The largest absolute Gasteiger partial charge is 0.307 e. The summed E-state index contributed by atoms with van der Waals surface area (Å²) in [4.78, 5) is 10.4. The van der Waals surface area contributed by atoms with Gasteiger partial charge < -0.3 is 4.40 Å². The molecule has 71 heavy (non-hydrogen) atoms. The van der Waals surface area contributed by atoms with Gasteiger partial charge in [-0.25, -0.2) is 9.97 Å². The van der Waals surface area contributed by atoms with E-state index in [1.54, 1.807) is 0 Å². The monoisotopic (exact) mass is 921 g/mol. The van der Waals surface area contributed by atoms with Gasteiger partial charge in [-0.05, 0) is 86.5 Å². The van der Waals surface area contributed by atoms with E-state index >= 15 is 0 Å². The molecular weight excluding hydrogens is 879 g/mol. The molecule has 0 saturated carbocycles. The van der Waals surface area contributed by atoms with Crippen molar-refractivity contribution in [2.45, 2.75) is 19.3 Å². The number of para-hydroxylation sites is 2. The molecule has 0 amide bonds. The summed E-state index contributed by atoms with van der Waals surface area (Å²) in [6, 6.07) is 82.4. The number of benzene rings is 10. The zero-order chi connectivity index (χ0) is 47.0. The summed E-state index contributed by atoms with van der Waals surface area (Å²) < 4.78 is 5.22. The van der Waals surface area contributed by atoms with E-state index in [1.807, 2.05) is 23.5 Å². The lowest BCUT2D eigenvalue weighted by atomic mass is 9.82. The number of fused-ring (bicyclic) bond motifs is 12. The second kappa shape index (κ2) is 15.1. The second-order valence-electron chi connectivity index (χ2n) is 19.7. The fraction of sp³-hybridized carbons (Fsp3) is 0.0448. The van der Waals surface area contributed by atoms with E-state index in [1.165, 1.54) is 114 Å². The van der Waals surface area contributed by atoms with Crippen LogP contribution in [0.5, 0.6) is 0 Å². The van der Waals surface area contributed by atoms with Crippen LogP contribution in [0.15, 0.2) is 224 Å². The Bertz CT molecular complexity index is 4420. The van der Waals surface area contributed by atoms with Gasteiger partial charge in [0.05, 0.1) is 27.9 Å². The number of hydrogen-bond acceptors (Lipinski definition) is 3. The van der Waals surface area contributed by atoms with Crippen LogP contribution in [-0.4, -0.2) is 14.4 Å². The molecule has 4 heteroatoms. The molecule has 0 fully saturated rings. The van der Waals surface area contributed by atoms with Crippen molar-refractivity contribution in [2.75, 3.05) is 0 Å². The molecule has 0 radical (unpaired) electrons. The van der Waals surface area contributed by atoms with Crippen LogP contribution in [0.1, 0.15) is 25.0 Å². The van der Waals surface area contributed by atoms with Gasteiger partial charge in [-0.3, -0.25) is 0 Å². The summed E-state index contributed by atoms with van der Waals surface area (Å²) in [5, 5.41) is 7.77. The van der Waals surface area contributed by atoms with E-state index in [4.69, 9.17) is 9.97 Å². The Hall–Kier alpha value is -8.70. The normalized spacial score (nSPS) is 13.0. The predicted molar refractivity (Wildman–Crippen MR) is 300 cm³/mol. The maximum Gasteiger partial charge on any atom is 0.160 e. The molecule has 14 aromatic rings. The Morgan fingerprint density at radius 3 is 1.62 bits per heavy atom. The average molecular weight is 922 g/mol. The standard InChI is InChI=1S/C67H43N3S/c1-67(2)57-33-30-43(36-55(57)56-37-46(31-34-58(56)67)66-68-59(40-15-5-3-6-16-40)39-60(69-66)41-17-7-4-8-18-41)42-19-11-20-44(35-42)47-22-12-25-52-53-26-14-24-51-49-32-29-45(38-61(49)70(63(47)52)64(51)53)48-23-13-27-54-50-21-9-10-28-62(50)71-65(48)54/h3-39H,1-2H3. The summed E-state index contributed by atoms with van der Waals surface area (Å²) in [5.74, 6) is 0.721. The quantitative estimate of drug-likeness (QED) is 0.166. The van der Waals surface area contributed by atoms with E-state index in [0.717, 1.165) is 33.9 Å². The smallest absolute Gasteiger partial charge is 0.160 e. The Morgan fingerprint density at radius 1 is 0.352 bits per heavy atom. The van der Waals surface area contributed by atoms with Gasteiger partial charge >= 0.3 is 0 Å². The molecule has 0 N–H and O–H groups in total. The minimum atomic E-state index is -0.166. The predicted octanol–water partition coefficient (Wildman–Crippen LogP) is 18.3. The number of hydrogen-bond donors (Lipinski definition) is 0. The minimum absolute atomic E-state index is 0.166. The van der Waals surface area contributed by atoms with Crippen LogP contribution in [0.25, 0.3) is 137 Å². The van der Waals surface area contributed by atoms with Crippen molar-refractivity contribution in [2.24, 2.45) is 0 Å². The lowest BCUT2D eigenvalue weighted by Gasteiger charge is -2.21. The van der Waals surface area contributed by atoms with Gasteiger partial charge in [-0.15, -0.1) is 11.3 Å². The first-order valence-electron chi connectivity index (χ1n) is 24.5. The number of rotatable bonds is 6. The molecule has 10 aromatic carbocycles. The Morgan fingerprint density at radius 2 is 0.873 bits per heavy atom. The molecular formula is C67H43N3S. The van der Waals surface area contributed by atoms with Crippen molar-refractivity contribution in [3.63, 3.8) is 0 Å². The molecule has 4 aromatic heterocycles. The first-order chi connectivity index (χ1) is 34.9. The molecule has 332 valence electrons. The number of aromatic nitrogens is 3. The molecule has 0 unspecified atom stereocenters. The lowest BCUT2D eigenvalue weighted by molar-refractivity contribution is 0.660. The molecule has 15 rings (SSSR count).